The summed E-state index contributed by atoms with van der Waals surface area (Å²) in [6, 6.07) is 11.4. The van der Waals surface area contributed by atoms with Crippen molar-refractivity contribution >= 4 is 15.9 Å². The van der Waals surface area contributed by atoms with Gasteiger partial charge in [-0.05, 0) is 43.3 Å². The minimum absolute atomic E-state index is 0.0692. The van der Waals surface area contributed by atoms with E-state index in [2.05, 4.69) is 0 Å². The van der Waals surface area contributed by atoms with Gasteiger partial charge in [0.2, 0.25) is 10.0 Å². The Morgan fingerprint density at radius 3 is 2.57 bits per heavy atom. The lowest BCUT2D eigenvalue weighted by atomic mass is 10.2. The zero-order valence-corrected chi connectivity index (χ0v) is 13.1. The largest absolute Gasteiger partial charge is 0.486 e. The number of furan rings is 1. The number of amides is 1. The Bertz CT molecular complexity index is 831. The summed E-state index contributed by atoms with van der Waals surface area (Å²) < 4.78 is 35.3. The lowest BCUT2D eigenvalue weighted by Crippen LogP contribution is -2.31. The summed E-state index contributed by atoms with van der Waals surface area (Å²) in [4.78, 5) is 11.7. The third-order valence-corrected chi connectivity index (χ3v) is 4.13. The molecule has 1 aromatic heterocycles. The van der Waals surface area contributed by atoms with Crippen LogP contribution in [0.2, 0.25) is 0 Å². The number of nitrogens with zero attached hydrogens (tertiary/aromatic N) is 1. The molecular weight excluding hydrogens is 320 g/mol. The van der Waals surface area contributed by atoms with Crippen LogP contribution in [0.3, 0.4) is 0 Å². The first-order valence-corrected chi connectivity index (χ1v) is 8.35. The first kappa shape index (κ1) is 16.6. The molecule has 2 aromatic rings. The minimum Gasteiger partial charge on any atom is -0.486 e. The summed E-state index contributed by atoms with van der Waals surface area (Å²) in [6.07, 6.45) is 0. The van der Waals surface area contributed by atoms with Crippen molar-refractivity contribution in [3.63, 3.8) is 0 Å². The summed E-state index contributed by atoms with van der Waals surface area (Å²) in [5.74, 6) is -0.223. The number of ether oxygens (including phenoxy) is 1. The molecule has 0 spiro atoms. The first-order chi connectivity index (χ1) is 10.9. The van der Waals surface area contributed by atoms with Crippen molar-refractivity contribution in [2.45, 2.75) is 13.5 Å². The number of carbonyl (C=O) groups is 1. The van der Waals surface area contributed by atoms with Crippen LogP contribution in [0.4, 0.5) is 0 Å². The first-order valence-electron chi connectivity index (χ1n) is 6.70. The van der Waals surface area contributed by atoms with Gasteiger partial charge in [0.25, 0.3) is 5.91 Å². The van der Waals surface area contributed by atoms with Gasteiger partial charge >= 0.3 is 0 Å². The summed E-state index contributed by atoms with van der Waals surface area (Å²) in [5.41, 5.74) is 0.520. The summed E-state index contributed by atoms with van der Waals surface area (Å²) in [7, 11) is -3.64. The highest BCUT2D eigenvalue weighted by atomic mass is 32.2. The van der Waals surface area contributed by atoms with Crippen LogP contribution in [0.25, 0.3) is 0 Å². The average molecular weight is 334 g/mol. The molecule has 0 unspecified atom stereocenters. The van der Waals surface area contributed by atoms with E-state index < -0.39 is 15.9 Å². The lowest BCUT2D eigenvalue weighted by molar-refractivity contribution is 0.0950. The highest BCUT2D eigenvalue weighted by Crippen LogP contribution is 2.15. The van der Waals surface area contributed by atoms with Gasteiger partial charge in [-0.2, -0.15) is 5.26 Å². The van der Waals surface area contributed by atoms with Crippen LogP contribution in [-0.2, 0) is 16.6 Å². The molecule has 0 aliphatic carbocycles. The summed E-state index contributed by atoms with van der Waals surface area (Å²) in [6.45, 7) is 1.49. The quantitative estimate of drug-likeness (QED) is 0.863. The van der Waals surface area contributed by atoms with Crippen LogP contribution in [0.15, 0.2) is 40.8 Å². The number of rotatable bonds is 6. The normalized spacial score (nSPS) is 10.8. The lowest BCUT2D eigenvalue weighted by Gasteiger charge is -2.04. The van der Waals surface area contributed by atoms with E-state index in [-0.39, 0.29) is 18.1 Å². The van der Waals surface area contributed by atoms with Gasteiger partial charge in [0.15, 0.2) is 5.76 Å². The van der Waals surface area contributed by atoms with Crippen LogP contribution in [0.5, 0.6) is 5.75 Å². The second-order valence-electron chi connectivity index (χ2n) is 4.53. The molecule has 1 heterocycles. The Balaban J connectivity index is 1.96. The molecule has 0 aliphatic heterocycles. The fourth-order valence-electron chi connectivity index (χ4n) is 1.62. The monoisotopic (exact) mass is 334 g/mol. The highest BCUT2D eigenvalue weighted by Gasteiger charge is 2.17. The molecule has 120 valence electrons. The smallest absolute Gasteiger partial charge is 0.300 e. The number of nitriles is 1. The number of hydrogen-bond donors (Lipinski definition) is 1. The maximum atomic E-state index is 11.7. The Hall–Kier alpha value is -2.79. The summed E-state index contributed by atoms with van der Waals surface area (Å²) >= 11 is 0. The molecule has 1 N–H and O–H groups in total. The fourth-order valence-corrected chi connectivity index (χ4v) is 2.15. The maximum Gasteiger partial charge on any atom is 0.300 e. The Kier molecular flexibility index (Phi) is 5.03. The zero-order valence-electron chi connectivity index (χ0n) is 12.3. The van der Waals surface area contributed by atoms with Gasteiger partial charge in [0.05, 0.1) is 17.4 Å². The molecule has 0 radical (unpaired) electrons. The van der Waals surface area contributed by atoms with Gasteiger partial charge in [-0.25, -0.2) is 13.1 Å². The van der Waals surface area contributed by atoms with E-state index in [9.17, 15) is 13.2 Å². The number of carbonyl (C=O) groups excluding carboxylic acids is 1. The SMILES string of the molecule is CCS(=O)(=O)NC(=O)c1ccc(COc2ccc(C#N)cc2)o1. The van der Waals surface area contributed by atoms with Crippen molar-refractivity contribution in [3.8, 4) is 11.8 Å². The number of nitrogens with one attached hydrogen (secondary N) is 1. The molecule has 0 bridgehead atoms. The van der Waals surface area contributed by atoms with Crippen LogP contribution in [-0.4, -0.2) is 20.1 Å². The molecular formula is C15H14N2O5S. The summed E-state index contributed by atoms with van der Waals surface area (Å²) in [5, 5.41) is 8.70. The van der Waals surface area contributed by atoms with E-state index in [0.717, 1.165) is 0 Å². The molecule has 7 nitrogen and oxygen atoms in total. The Labute approximate surface area is 133 Å². The van der Waals surface area contributed by atoms with Crippen molar-refractivity contribution in [1.29, 1.82) is 5.26 Å². The van der Waals surface area contributed by atoms with Crippen LogP contribution in [0, 0.1) is 11.3 Å². The molecule has 0 fully saturated rings. The second-order valence-corrected chi connectivity index (χ2v) is 6.54. The molecule has 0 atom stereocenters. The molecule has 1 aromatic carbocycles. The highest BCUT2D eigenvalue weighted by molar-refractivity contribution is 7.90. The van der Waals surface area contributed by atoms with Crippen LogP contribution >= 0.6 is 0 Å². The molecule has 0 saturated heterocycles. The molecule has 0 saturated carbocycles. The molecule has 0 aliphatic rings. The topological polar surface area (TPSA) is 109 Å². The van der Waals surface area contributed by atoms with Crippen molar-refractivity contribution < 1.29 is 22.4 Å². The van der Waals surface area contributed by atoms with Gasteiger partial charge in [0, 0.05) is 0 Å². The molecule has 1 amide bonds. The zero-order chi connectivity index (χ0) is 16.9. The van der Waals surface area contributed by atoms with Gasteiger partial charge in [-0.3, -0.25) is 4.79 Å². The van der Waals surface area contributed by atoms with Gasteiger partial charge in [0.1, 0.15) is 18.1 Å². The standard InChI is InChI=1S/C15H14N2O5S/c1-2-23(19,20)17-15(18)14-8-7-13(22-14)10-21-12-5-3-11(9-16)4-6-12/h3-8H,2,10H2,1H3,(H,17,18). The minimum atomic E-state index is -3.64. The second kappa shape index (κ2) is 6.98. The van der Waals surface area contributed by atoms with E-state index in [1.54, 1.807) is 24.3 Å². The third kappa shape index (κ3) is 4.59. The maximum absolute atomic E-state index is 11.7. The van der Waals surface area contributed by atoms with Gasteiger partial charge in [-0.15, -0.1) is 0 Å². The predicted molar refractivity (Wildman–Crippen MR) is 81.1 cm³/mol. The Morgan fingerprint density at radius 1 is 1.26 bits per heavy atom. The number of hydrogen-bond acceptors (Lipinski definition) is 6. The Morgan fingerprint density at radius 2 is 1.96 bits per heavy atom. The van der Waals surface area contributed by atoms with Crippen molar-refractivity contribution in [3.05, 3.63) is 53.5 Å². The molecule has 8 heteroatoms. The van der Waals surface area contributed by atoms with Gasteiger partial charge in [-0.1, -0.05) is 0 Å². The van der Waals surface area contributed by atoms with E-state index in [0.29, 0.717) is 17.1 Å². The van der Waals surface area contributed by atoms with Crippen molar-refractivity contribution in [1.82, 2.24) is 4.72 Å². The van der Waals surface area contributed by atoms with Gasteiger partial charge < -0.3 is 9.15 Å². The molecule has 2 rings (SSSR count). The van der Waals surface area contributed by atoms with Crippen molar-refractivity contribution in [2.24, 2.45) is 0 Å². The predicted octanol–water partition coefficient (Wildman–Crippen LogP) is 1.81. The average Bonchev–Trinajstić information content (AvgIpc) is 3.02. The number of sulfonamides is 1. The van der Waals surface area contributed by atoms with Crippen molar-refractivity contribution in [2.75, 3.05) is 5.75 Å². The fraction of sp³-hybridized carbons (Fsp3) is 0.200. The third-order valence-electron chi connectivity index (χ3n) is 2.88. The van der Waals surface area contributed by atoms with E-state index in [1.165, 1.54) is 19.1 Å². The van der Waals surface area contributed by atoms with Crippen LogP contribution < -0.4 is 9.46 Å². The van der Waals surface area contributed by atoms with Crippen LogP contribution in [0.1, 0.15) is 28.8 Å². The van der Waals surface area contributed by atoms with E-state index >= 15 is 0 Å². The molecule has 23 heavy (non-hydrogen) atoms. The number of benzene rings is 1. The van der Waals surface area contributed by atoms with E-state index in [4.69, 9.17) is 14.4 Å². The van der Waals surface area contributed by atoms with E-state index in [1.807, 2.05) is 10.8 Å².